The summed E-state index contributed by atoms with van der Waals surface area (Å²) in [6.45, 7) is 0.958. The molecular weight excluding hydrogens is 236 g/mol. The van der Waals surface area contributed by atoms with E-state index in [1.165, 1.54) is 27.6 Å². The summed E-state index contributed by atoms with van der Waals surface area (Å²) in [4.78, 5) is 4.61. The quantitative estimate of drug-likeness (QED) is 0.298. The van der Waals surface area contributed by atoms with Gasteiger partial charge in [-0.1, -0.05) is 0 Å². The molecule has 1 aliphatic rings. The Labute approximate surface area is 109 Å². The van der Waals surface area contributed by atoms with Gasteiger partial charge in [0.25, 0.3) is 5.52 Å². The van der Waals surface area contributed by atoms with Gasteiger partial charge in [-0.05, 0) is 12.1 Å². The van der Waals surface area contributed by atoms with Crippen molar-refractivity contribution in [3.63, 3.8) is 0 Å². The average Bonchev–Trinajstić information content (AvgIpc) is 3.00. The standard InChI is InChI=1S/C15H12N4/c1-17-6-4-10-9-18-7-8-19-11-3-2-5-16-13(11)14(17)12(10)15(18)19/h2-8H,9H2,1H3/q+2. The van der Waals surface area contributed by atoms with Gasteiger partial charge in [0, 0.05) is 17.8 Å². The highest BCUT2D eigenvalue weighted by Crippen LogP contribution is 2.29. The Kier molecular flexibility index (Phi) is 1.45. The molecule has 90 valence electrons. The van der Waals surface area contributed by atoms with Crippen LogP contribution in [0.4, 0.5) is 0 Å². The Hall–Kier alpha value is -2.49. The van der Waals surface area contributed by atoms with Crippen LogP contribution in [0, 0.1) is 0 Å². The first kappa shape index (κ1) is 9.44. The van der Waals surface area contributed by atoms with Crippen molar-refractivity contribution >= 4 is 27.6 Å². The molecule has 4 aromatic heterocycles. The minimum absolute atomic E-state index is 0.958. The van der Waals surface area contributed by atoms with E-state index in [-0.39, 0.29) is 0 Å². The number of imidazole rings is 1. The van der Waals surface area contributed by atoms with Crippen molar-refractivity contribution in [1.29, 1.82) is 0 Å². The van der Waals surface area contributed by atoms with Crippen molar-refractivity contribution in [2.75, 3.05) is 0 Å². The second-order valence-corrected chi connectivity index (χ2v) is 5.17. The fourth-order valence-corrected chi connectivity index (χ4v) is 3.32. The summed E-state index contributed by atoms with van der Waals surface area (Å²) in [5, 5.41) is 1.33. The fraction of sp³-hybridized carbons (Fsp3) is 0.133. The maximum Gasteiger partial charge on any atom is 0.301 e. The number of pyridine rings is 3. The molecule has 0 bridgehead atoms. The van der Waals surface area contributed by atoms with Gasteiger partial charge in [0.1, 0.15) is 31.4 Å². The van der Waals surface area contributed by atoms with E-state index in [0.717, 1.165) is 12.1 Å². The minimum atomic E-state index is 0.958. The van der Waals surface area contributed by atoms with Crippen molar-refractivity contribution in [2.24, 2.45) is 7.05 Å². The number of hydrogen-bond donors (Lipinski definition) is 0. The number of rotatable bonds is 0. The highest BCUT2D eigenvalue weighted by molar-refractivity contribution is 6.07. The van der Waals surface area contributed by atoms with Gasteiger partial charge >= 0.3 is 5.65 Å². The highest BCUT2D eigenvalue weighted by atomic mass is 15.1. The van der Waals surface area contributed by atoms with Crippen molar-refractivity contribution in [3.05, 3.63) is 48.5 Å². The zero-order valence-electron chi connectivity index (χ0n) is 10.5. The van der Waals surface area contributed by atoms with Crippen LogP contribution in [0.5, 0.6) is 0 Å². The van der Waals surface area contributed by atoms with E-state index >= 15 is 0 Å². The van der Waals surface area contributed by atoms with Gasteiger partial charge in [0.2, 0.25) is 0 Å². The Morgan fingerprint density at radius 2 is 2.21 bits per heavy atom. The molecule has 4 heteroatoms. The van der Waals surface area contributed by atoms with Crippen LogP contribution in [0.1, 0.15) is 5.56 Å². The molecule has 0 aromatic carbocycles. The molecule has 0 amide bonds. The first-order chi connectivity index (χ1) is 9.34. The van der Waals surface area contributed by atoms with Crippen LogP contribution in [-0.4, -0.2) is 9.38 Å². The molecule has 0 saturated heterocycles. The number of fused-ring (bicyclic) bond motifs is 3. The van der Waals surface area contributed by atoms with E-state index in [0.29, 0.717) is 0 Å². The van der Waals surface area contributed by atoms with E-state index < -0.39 is 0 Å². The molecule has 0 radical (unpaired) electrons. The molecule has 4 aromatic rings. The predicted molar refractivity (Wildman–Crippen MR) is 70.7 cm³/mol. The zero-order valence-corrected chi connectivity index (χ0v) is 10.5. The van der Waals surface area contributed by atoms with Gasteiger partial charge < -0.3 is 0 Å². The van der Waals surface area contributed by atoms with Gasteiger partial charge in [-0.2, -0.15) is 8.97 Å². The van der Waals surface area contributed by atoms with Gasteiger partial charge in [-0.3, -0.25) is 0 Å². The smallest absolute Gasteiger partial charge is 0.246 e. The van der Waals surface area contributed by atoms with Crippen LogP contribution in [0.2, 0.25) is 0 Å². The van der Waals surface area contributed by atoms with E-state index in [9.17, 15) is 0 Å². The van der Waals surface area contributed by atoms with E-state index in [4.69, 9.17) is 0 Å². The van der Waals surface area contributed by atoms with Crippen molar-refractivity contribution < 1.29 is 9.13 Å². The first-order valence-corrected chi connectivity index (χ1v) is 6.43. The number of aryl methyl sites for hydroxylation is 1. The monoisotopic (exact) mass is 248 g/mol. The van der Waals surface area contributed by atoms with Crippen molar-refractivity contribution in [1.82, 2.24) is 9.38 Å². The van der Waals surface area contributed by atoms with Gasteiger partial charge in [-0.15, -0.1) is 0 Å². The molecule has 0 atom stereocenters. The Bertz CT molecular complexity index is 997. The lowest BCUT2D eigenvalue weighted by molar-refractivity contribution is -0.657. The fourth-order valence-electron chi connectivity index (χ4n) is 3.32. The molecule has 5 heterocycles. The molecule has 0 spiro atoms. The molecule has 19 heavy (non-hydrogen) atoms. The molecule has 5 rings (SSSR count). The average molecular weight is 248 g/mol. The first-order valence-electron chi connectivity index (χ1n) is 6.43. The van der Waals surface area contributed by atoms with Crippen LogP contribution in [0.25, 0.3) is 27.6 Å². The van der Waals surface area contributed by atoms with Crippen LogP contribution >= 0.6 is 0 Å². The molecular formula is C15H12N4+2. The molecule has 0 unspecified atom stereocenters. The second kappa shape index (κ2) is 2.91. The number of hydrogen-bond acceptors (Lipinski definition) is 1. The summed E-state index contributed by atoms with van der Waals surface area (Å²) in [5.74, 6) is 0. The summed E-state index contributed by atoms with van der Waals surface area (Å²) in [5.41, 5.74) is 6.12. The van der Waals surface area contributed by atoms with Gasteiger partial charge in [-0.25, -0.2) is 9.55 Å². The van der Waals surface area contributed by atoms with Crippen LogP contribution in [0.3, 0.4) is 0 Å². The SMILES string of the molecule is C[n+]1ccc2c3c1c1ncccc1n1cc[n+](c31)C2. The Morgan fingerprint density at radius 3 is 3.16 bits per heavy atom. The topological polar surface area (TPSA) is 25.1 Å². The minimum Gasteiger partial charge on any atom is -0.246 e. The van der Waals surface area contributed by atoms with Crippen molar-refractivity contribution in [3.8, 4) is 0 Å². The summed E-state index contributed by atoms with van der Waals surface area (Å²) in [7, 11) is 2.09. The molecule has 0 saturated carbocycles. The third kappa shape index (κ3) is 0.953. The number of nitrogens with zero attached hydrogens (tertiary/aromatic N) is 4. The second-order valence-electron chi connectivity index (χ2n) is 5.17. The van der Waals surface area contributed by atoms with Crippen LogP contribution < -0.4 is 9.13 Å². The summed E-state index contributed by atoms with van der Waals surface area (Å²) in [6, 6.07) is 6.35. The lowest BCUT2D eigenvalue weighted by Gasteiger charge is -2.00. The predicted octanol–water partition coefficient (Wildman–Crippen LogP) is 1.11. The lowest BCUT2D eigenvalue weighted by Crippen LogP contribution is -2.29. The van der Waals surface area contributed by atoms with Crippen LogP contribution in [-0.2, 0) is 13.6 Å². The molecule has 0 aliphatic carbocycles. The number of aromatic nitrogens is 4. The lowest BCUT2D eigenvalue weighted by atomic mass is 10.1. The summed E-state index contributed by atoms with van der Waals surface area (Å²) >= 11 is 0. The maximum absolute atomic E-state index is 4.61. The molecule has 4 nitrogen and oxygen atoms in total. The van der Waals surface area contributed by atoms with Crippen molar-refractivity contribution in [2.45, 2.75) is 6.54 Å². The molecule has 1 aliphatic heterocycles. The van der Waals surface area contributed by atoms with E-state index in [1.807, 2.05) is 12.3 Å². The normalized spacial score (nSPS) is 13.3. The highest BCUT2D eigenvalue weighted by Gasteiger charge is 2.31. The summed E-state index contributed by atoms with van der Waals surface area (Å²) in [6.07, 6.45) is 8.29. The van der Waals surface area contributed by atoms with E-state index in [1.54, 1.807) is 0 Å². The Balaban J connectivity index is 2.30. The van der Waals surface area contributed by atoms with E-state index in [2.05, 4.69) is 56.3 Å². The van der Waals surface area contributed by atoms with Gasteiger partial charge in [0.15, 0.2) is 17.2 Å². The maximum atomic E-state index is 4.61. The largest absolute Gasteiger partial charge is 0.301 e. The Morgan fingerprint density at radius 1 is 1.26 bits per heavy atom. The van der Waals surface area contributed by atoms with Crippen LogP contribution in [0.15, 0.2) is 43.0 Å². The third-order valence-corrected chi connectivity index (χ3v) is 4.14. The third-order valence-electron chi connectivity index (χ3n) is 4.14. The van der Waals surface area contributed by atoms with Gasteiger partial charge in [0.05, 0.1) is 0 Å². The molecule has 0 fully saturated rings. The summed E-state index contributed by atoms with van der Waals surface area (Å²) < 4.78 is 6.74. The molecule has 0 N–H and O–H groups in total. The zero-order chi connectivity index (χ0) is 12.6.